The van der Waals surface area contributed by atoms with Crippen molar-refractivity contribution in [2.45, 2.75) is 72.4 Å². The molecule has 2 rings (SSSR count). The lowest BCUT2D eigenvalue weighted by Crippen LogP contribution is -2.45. The molecular weight excluding hydrogens is 419 g/mol. The summed E-state index contributed by atoms with van der Waals surface area (Å²) in [4.78, 5) is 10.5. The summed E-state index contributed by atoms with van der Waals surface area (Å²) in [6, 6.07) is 0.549. The Bertz CT molecular complexity index is 489. The average molecular weight is 450 g/mol. The molecule has 1 aromatic heterocycles. The highest BCUT2D eigenvalue weighted by Gasteiger charge is 2.27. The zero-order valence-corrected chi connectivity index (χ0v) is 18.0. The van der Waals surface area contributed by atoms with E-state index >= 15 is 0 Å². The lowest BCUT2D eigenvalue weighted by atomic mass is 9.75. The molecule has 0 radical (unpaired) electrons. The minimum Gasteiger partial charge on any atom is -0.357 e. The summed E-state index contributed by atoms with van der Waals surface area (Å²) in [7, 11) is 0. The summed E-state index contributed by atoms with van der Waals surface area (Å²) >= 11 is 1.77. The van der Waals surface area contributed by atoms with Crippen molar-refractivity contribution in [3.05, 3.63) is 16.1 Å². The SMILES string of the molecule is CCNC(=NCc1ncc(CC)s1)NC1CCC(C)(C)CC1.I. The highest BCUT2D eigenvalue weighted by Crippen LogP contribution is 2.34. The van der Waals surface area contributed by atoms with Gasteiger partial charge in [-0.1, -0.05) is 20.8 Å². The fourth-order valence-electron chi connectivity index (χ4n) is 2.79. The molecule has 0 spiro atoms. The van der Waals surface area contributed by atoms with Crippen LogP contribution in [0.5, 0.6) is 0 Å². The monoisotopic (exact) mass is 450 g/mol. The zero-order chi connectivity index (χ0) is 16.0. The Labute approximate surface area is 162 Å². The fourth-order valence-corrected chi connectivity index (χ4v) is 3.58. The minimum atomic E-state index is 0. The number of nitrogens with one attached hydrogen (secondary N) is 2. The molecule has 2 N–H and O–H groups in total. The molecule has 0 saturated heterocycles. The molecular formula is C17H31IN4S. The van der Waals surface area contributed by atoms with Crippen molar-refractivity contribution in [3.63, 3.8) is 0 Å². The molecule has 0 unspecified atom stereocenters. The van der Waals surface area contributed by atoms with Crippen LogP contribution in [0.4, 0.5) is 0 Å². The molecule has 23 heavy (non-hydrogen) atoms. The Hall–Kier alpha value is -0.370. The highest BCUT2D eigenvalue weighted by molar-refractivity contribution is 14.0. The number of nitrogens with zero attached hydrogens (tertiary/aromatic N) is 2. The number of hydrogen-bond donors (Lipinski definition) is 2. The lowest BCUT2D eigenvalue weighted by molar-refractivity contribution is 0.216. The molecule has 132 valence electrons. The molecule has 1 fully saturated rings. The van der Waals surface area contributed by atoms with Gasteiger partial charge in [0.05, 0.1) is 6.54 Å². The smallest absolute Gasteiger partial charge is 0.191 e. The molecule has 0 atom stereocenters. The number of halogens is 1. The highest BCUT2D eigenvalue weighted by atomic mass is 127. The molecule has 1 aromatic rings. The largest absolute Gasteiger partial charge is 0.357 e. The number of hydrogen-bond acceptors (Lipinski definition) is 3. The predicted molar refractivity (Wildman–Crippen MR) is 111 cm³/mol. The standard InChI is InChI=1S/C17H30N4S.HI/c1-5-14-11-19-15(22-14)12-20-16(18-6-2)21-13-7-9-17(3,4)10-8-13;/h11,13H,5-10,12H2,1-4H3,(H2,18,20,21);1H. The second-order valence-corrected chi connectivity index (χ2v) is 8.05. The molecule has 0 amide bonds. The van der Waals surface area contributed by atoms with Crippen LogP contribution in [0.1, 0.15) is 63.3 Å². The topological polar surface area (TPSA) is 49.3 Å². The quantitative estimate of drug-likeness (QED) is 0.399. The Morgan fingerprint density at radius 2 is 2.04 bits per heavy atom. The molecule has 1 aliphatic rings. The first kappa shape index (κ1) is 20.7. The molecule has 0 aromatic carbocycles. The number of aliphatic imine (C=N–C) groups is 1. The molecule has 4 nitrogen and oxygen atoms in total. The maximum absolute atomic E-state index is 4.70. The van der Waals surface area contributed by atoms with Crippen LogP contribution in [0.3, 0.4) is 0 Å². The molecule has 0 bridgehead atoms. The summed E-state index contributed by atoms with van der Waals surface area (Å²) in [6.07, 6.45) is 8.06. The summed E-state index contributed by atoms with van der Waals surface area (Å²) in [6.45, 7) is 10.6. The Morgan fingerprint density at radius 3 is 2.61 bits per heavy atom. The first-order valence-corrected chi connectivity index (χ1v) is 9.32. The van der Waals surface area contributed by atoms with E-state index in [0.717, 1.165) is 23.9 Å². The van der Waals surface area contributed by atoms with Crippen LogP contribution in [-0.2, 0) is 13.0 Å². The van der Waals surface area contributed by atoms with Crippen molar-refractivity contribution in [1.82, 2.24) is 15.6 Å². The molecule has 6 heteroatoms. The maximum atomic E-state index is 4.70. The van der Waals surface area contributed by atoms with Gasteiger partial charge in [0.1, 0.15) is 5.01 Å². The Morgan fingerprint density at radius 1 is 1.35 bits per heavy atom. The second-order valence-electron chi connectivity index (χ2n) is 6.85. The summed E-state index contributed by atoms with van der Waals surface area (Å²) in [5, 5.41) is 8.05. The van der Waals surface area contributed by atoms with E-state index in [9.17, 15) is 0 Å². The minimum absolute atomic E-state index is 0. The summed E-state index contributed by atoms with van der Waals surface area (Å²) in [5.41, 5.74) is 0.505. The van der Waals surface area contributed by atoms with Crippen molar-refractivity contribution in [3.8, 4) is 0 Å². The summed E-state index contributed by atoms with van der Waals surface area (Å²) in [5.74, 6) is 0.931. The molecule has 0 aliphatic heterocycles. The lowest BCUT2D eigenvalue weighted by Gasteiger charge is -2.35. The van der Waals surface area contributed by atoms with Gasteiger partial charge in [-0.25, -0.2) is 9.98 Å². The van der Waals surface area contributed by atoms with Crippen LogP contribution in [0.15, 0.2) is 11.2 Å². The van der Waals surface area contributed by atoms with Gasteiger partial charge in [0.25, 0.3) is 0 Å². The number of aromatic nitrogens is 1. The van der Waals surface area contributed by atoms with Gasteiger partial charge in [0.15, 0.2) is 5.96 Å². The van der Waals surface area contributed by atoms with Crippen molar-refractivity contribution in [2.24, 2.45) is 10.4 Å². The number of rotatable bonds is 5. The van der Waals surface area contributed by atoms with Gasteiger partial charge in [-0.2, -0.15) is 0 Å². The maximum Gasteiger partial charge on any atom is 0.191 e. The van der Waals surface area contributed by atoms with Crippen LogP contribution in [0.2, 0.25) is 0 Å². The van der Waals surface area contributed by atoms with Crippen LogP contribution in [-0.4, -0.2) is 23.5 Å². The third-order valence-corrected chi connectivity index (χ3v) is 5.47. The van der Waals surface area contributed by atoms with Crippen molar-refractivity contribution < 1.29 is 0 Å². The number of thiazole rings is 1. The van der Waals surface area contributed by atoms with E-state index < -0.39 is 0 Å². The van der Waals surface area contributed by atoms with Crippen LogP contribution in [0.25, 0.3) is 0 Å². The number of aryl methyl sites for hydroxylation is 1. The average Bonchev–Trinajstić information content (AvgIpc) is 2.95. The van der Waals surface area contributed by atoms with E-state index in [0.29, 0.717) is 18.0 Å². The first-order chi connectivity index (χ1) is 10.5. The third kappa shape index (κ3) is 6.95. The van der Waals surface area contributed by atoms with Gasteiger partial charge >= 0.3 is 0 Å². The van der Waals surface area contributed by atoms with Gasteiger partial charge in [-0.15, -0.1) is 35.3 Å². The number of guanidine groups is 1. The van der Waals surface area contributed by atoms with Crippen LogP contribution >= 0.6 is 35.3 Å². The van der Waals surface area contributed by atoms with E-state index in [1.54, 1.807) is 11.3 Å². The Balaban J connectivity index is 0.00000264. The van der Waals surface area contributed by atoms with Crippen LogP contribution < -0.4 is 10.6 Å². The van der Waals surface area contributed by atoms with Crippen molar-refractivity contribution in [2.75, 3.05) is 6.54 Å². The van der Waals surface area contributed by atoms with Crippen molar-refractivity contribution >= 4 is 41.3 Å². The molecule has 1 heterocycles. The van der Waals surface area contributed by atoms with Gasteiger partial charge in [-0.3, -0.25) is 0 Å². The van der Waals surface area contributed by atoms with Gasteiger partial charge in [0, 0.05) is 23.7 Å². The van der Waals surface area contributed by atoms with Gasteiger partial charge < -0.3 is 10.6 Å². The second kappa shape index (κ2) is 9.81. The van der Waals surface area contributed by atoms with Crippen molar-refractivity contribution in [1.29, 1.82) is 0 Å². The first-order valence-electron chi connectivity index (χ1n) is 8.51. The van der Waals surface area contributed by atoms with E-state index in [1.165, 1.54) is 30.6 Å². The van der Waals surface area contributed by atoms with E-state index in [-0.39, 0.29) is 24.0 Å². The Kier molecular flexibility index (Phi) is 8.82. The van der Waals surface area contributed by atoms with E-state index in [2.05, 4.69) is 43.3 Å². The normalized spacial score (nSPS) is 18.3. The van der Waals surface area contributed by atoms with E-state index in [1.807, 2.05) is 6.20 Å². The van der Waals surface area contributed by atoms with E-state index in [4.69, 9.17) is 4.99 Å². The van der Waals surface area contributed by atoms with Gasteiger partial charge in [-0.05, 0) is 44.4 Å². The summed E-state index contributed by atoms with van der Waals surface area (Å²) < 4.78 is 0. The van der Waals surface area contributed by atoms with Crippen LogP contribution in [0, 0.1) is 5.41 Å². The predicted octanol–water partition coefficient (Wildman–Crippen LogP) is 4.35. The molecule has 1 saturated carbocycles. The zero-order valence-electron chi connectivity index (χ0n) is 14.8. The van der Waals surface area contributed by atoms with Gasteiger partial charge in [0.2, 0.25) is 0 Å². The fraction of sp³-hybridized carbons (Fsp3) is 0.765. The molecule has 1 aliphatic carbocycles. The third-order valence-electron chi connectivity index (χ3n) is 4.35.